The number of likely N-dealkylation sites (tertiary alicyclic amines) is 1. The molecule has 2 aromatic carbocycles. The van der Waals surface area contributed by atoms with Gasteiger partial charge in [0.2, 0.25) is 0 Å². The zero-order chi connectivity index (χ0) is 19.2. The Bertz CT molecular complexity index is 798. The van der Waals surface area contributed by atoms with Crippen LogP contribution in [-0.2, 0) is 16.1 Å². The Morgan fingerprint density at radius 1 is 1.07 bits per heavy atom. The zero-order valence-corrected chi connectivity index (χ0v) is 15.2. The van der Waals surface area contributed by atoms with Crippen LogP contribution in [0, 0.1) is 11.7 Å². The van der Waals surface area contributed by atoms with Crippen LogP contribution in [0.25, 0.3) is 0 Å². The molecule has 1 amide bonds. The quantitative estimate of drug-likeness (QED) is 0.756. The molecule has 0 unspecified atom stereocenters. The van der Waals surface area contributed by atoms with Gasteiger partial charge >= 0.3 is 5.97 Å². The largest absolute Gasteiger partial charge is 0.488 e. The van der Waals surface area contributed by atoms with E-state index in [2.05, 4.69) is 0 Å². The first-order valence-corrected chi connectivity index (χ1v) is 8.92. The number of halogens is 1. The topological polar surface area (TPSA) is 55.8 Å². The Morgan fingerprint density at radius 3 is 2.41 bits per heavy atom. The van der Waals surface area contributed by atoms with Crippen molar-refractivity contribution in [2.75, 3.05) is 20.2 Å². The van der Waals surface area contributed by atoms with Gasteiger partial charge < -0.3 is 14.4 Å². The van der Waals surface area contributed by atoms with Crippen molar-refractivity contribution in [2.45, 2.75) is 19.4 Å². The summed E-state index contributed by atoms with van der Waals surface area (Å²) in [6.45, 7) is 1.25. The molecule has 0 radical (unpaired) electrons. The molecule has 27 heavy (non-hydrogen) atoms. The number of para-hydroxylation sites is 1. The van der Waals surface area contributed by atoms with Gasteiger partial charge in [-0.15, -0.1) is 0 Å². The number of nitrogens with zero attached hydrogens (tertiary/aromatic N) is 1. The lowest BCUT2D eigenvalue weighted by Crippen LogP contribution is -2.40. The number of hydrogen-bond acceptors (Lipinski definition) is 4. The number of benzene rings is 2. The van der Waals surface area contributed by atoms with Crippen LogP contribution in [0.1, 0.15) is 28.8 Å². The molecule has 1 saturated heterocycles. The summed E-state index contributed by atoms with van der Waals surface area (Å²) in [5.74, 6) is -0.297. The number of amides is 1. The minimum Gasteiger partial charge on any atom is -0.488 e. The summed E-state index contributed by atoms with van der Waals surface area (Å²) in [4.78, 5) is 26.3. The highest BCUT2D eigenvalue weighted by Gasteiger charge is 2.29. The third kappa shape index (κ3) is 4.64. The molecule has 0 N–H and O–H groups in total. The van der Waals surface area contributed by atoms with E-state index in [1.807, 2.05) is 0 Å². The lowest BCUT2D eigenvalue weighted by molar-refractivity contribution is -0.146. The van der Waals surface area contributed by atoms with E-state index in [0.717, 1.165) is 5.56 Å². The fourth-order valence-electron chi connectivity index (χ4n) is 3.17. The number of rotatable bonds is 5. The molecular formula is C21H22FNO4. The Labute approximate surface area is 157 Å². The van der Waals surface area contributed by atoms with Crippen molar-refractivity contribution in [1.29, 1.82) is 0 Å². The van der Waals surface area contributed by atoms with Gasteiger partial charge in [-0.25, -0.2) is 4.39 Å². The zero-order valence-electron chi connectivity index (χ0n) is 15.2. The van der Waals surface area contributed by atoms with Crippen LogP contribution in [-0.4, -0.2) is 37.0 Å². The SMILES string of the molecule is COC(=O)C1CCN(C(=O)c2ccccc2OCc2ccc(F)cc2)CC1. The average Bonchev–Trinajstić information content (AvgIpc) is 2.72. The van der Waals surface area contributed by atoms with E-state index >= 15 is 0 Å². The fourth-order valence-corrected chi connectivity index (χ4v) is 3.17. The lowest BCUT2D eigenvalue weighted by Gasteiger charge is -2.31. The molecule has 1 aliphatic rings. The van der Waals surface area contributed by atoms with E-state index in [0.29, 0.717) is 37.2 Å². The molecule has 0 saturated carbocycles. The molecule has 3 rings (SSSR count). The van der Waals surface area contributed by atoms with Gasteiger partial charge in [0.15, 0.2) is 0 Å². The van der Waals surface area contributed by atoms with E-state index in [9.17, 15) is 14.0 Å². The summed E-state index contributed by atoms with van der Waals surface area (Å²) in [6.07, 6.45) is 1.19. The first-order valence-electron chi connectivity index (χ1n) is 8.92. The van der Waals surface area contributed by atoms with E-state index in [4.69, 9.17) is 9.47 Å². The summed E-state index contributed by atoms with van der Waals surface area (Å²) in [5.41, 5.74) is 1.30. The molecule has 0 aromatic heterocycles. The number of esters is 1. The monoisotopic (exact) mass is 371 g/mol. The third-order valence-corrected chi connectivity index (χ3v) is 4.74. The van der Waals surface area contributed by atoms with Crippen LogP contribution in [0.3, 0.4) is 0 Å². The van der Waals surface area contributed by atoms with Crippen LogP contribution >= 0.6 is 0 Å². The molecular weight excluding hydrogens is 349 g/mol. The average molecular weight is 371 g/mol. The number of methoxy groups -OCH3 is 1. The van der Waals surface area contributed by atoms with E-state index in [1.54, 1.807) is 41.3 Å². The Morgan fingerprint density at radius 2 is 1.74 bits per heavy atom. The standard InChI is InChI=1S/C21H22FNO4/c1-26-21(25)16-10-12-23(13-11-16)20(24)18-4-2-3-5-19(18)27-14-15-6-8-17(22)9-7-15/h2-9,16H,10-14H2,1H3. The second-order valence-corrected chi connectivity index (χ2v) is 6.50. The van der Waals surface area contributed by atoms with Gasteiger partial charge in [-0.1, -0.05) is 24.3 Å². The maximum atomic E-state index is 13.0. The van der Waals surface area contributed by atoms with Crippen molar-refractivity contribution < 1.29 is 23.5 Å². The minimum absolute atomic E-state index is 0.118. The second-order valence-electron chi connectivity index (χ2n) is 6.50. The molecule has 0 bridgehead atoms. The van der Waals surface area contributed by atoms with E-state index in [1.165, 1.54) is 19.2 Å². The maximum absolute atomic E-state index is 13.0. The molecule has 1 fully saturated rings. The second kappa shape index (κ2) is 8.66. The number of carbonyl (C=O) groups excluding carboxylic acids is 2. The number of carbonyl (C=O) groups is 2. The normalized spacial score (nSPS) is 14.7. The summed E-state index contributed by atoms with van der Waals surface area (Å²) >= 11 is 0. The minimum atomic E-state index is -0.301. The van der Waals surface area contributed by atoms with Gasteiger partial charge in [-0.3, -0.25) is 9.59 Å². The predicted octanol–water partition coefficient (Wildman–Crippen LogP) is 3.43. The van der Waals surface area contributed by atoms with Crippen LogP contribution in [0.4, 0.5) is 4.39 Å². The molecule has 5 nitrogen and oxygen atoms in total. The maximum Gasteiger partial charge on any atom is 0.308 e. The molecule has 1 aliphatic heterocycles. The van der Waals surface area contributed by atoms with Gasteiger partial charge in [0.05, 0.1) is 18.6 Å². The molecule has 2 aromatic rings. The molecule has 6 heteroatoms. The van der Waals surface area contributed by atoms with Crippen LogP contribution in [0.15, 0.2) is 48.5 Å². The van der Waals surface area contributed by atoms with Gasteiger partial charge in [0.1, 0.15) is 18.2 Å². The molecule has 0 spiro atoms. The van der Waals surface area contributed by atoms with Gasteiger partial charge in [0.25, 0.3) is 5.91 Å². The van der Waals surface area contributed by atoms with Gasteiger partial charge in [-0.05, 0) is 42.7 Å². The Balaban J connectivity index is 1.65. The van der Waals surface area contributed by atoms with Crippen LogP contribution < -0.4 is 4.74 Å². The molecule has 0 atom stereocenters. The van der Waals surface area contributed by atoms with E-state index < -0.39 is 0 Å². The van der Waals surface area contributed by atoms with Crippen LogP contribution in [0.5, 0.6) is 5.75 Å². The summed E-state index contributed by atoms with van der Waals surface area (Å²) in [6, 6.07) is 13.1. The smallest absolute Gasteiger partial charge is 0.308 e. The molecule has 0 aliphatic carbocycles. The van der Waals surface area contributed by atoms with Gasteiger partial charge in [0, 0.05) is 13.1 Å². The molecule has 142 valence electrons. The van der Waals surface area contributed by atoms with Crippen molar-refractivity contribution in [1.82, 2.24) is 4.90 Å². The Kier molecular flexibility index (Phi) is 6.06. The number of piperidine rings is 1. The van der Waals surface area contributed by atoms with Crippen molar-refractivity contribution in [3.63, 3.8) is 0 Å². The summed E-state index contributed by atoms with van der Waals surface area (Å²) in [7, 11) is 1.38. The highest BCUT2D eigenvalue weighted by Crippen LogP contribution is 2.25. The Hall–Kier alpha value is -2.89. The molecule has 1 heterocycles. The summed E-state index contributed by atoms with van der Waals surface area (Å²) < 4.78 is 23.6. The lowest BCUT2D eigenvalue weighted by atomic mass is 9.96. The first kappa shape index (κ1) is 18.9. The summed E-state index contributed by atoms with van der Waals surface area (Å²) in [5, 5.41) is 0. The van der Waals surface area contributed by atoms with Gasteiger partial charge in [-0.2, -0.15) is 0 Å². The fraction of sp³-hybridized carbons (Fsp3) is 0.333. The van der Waals surface area contributed by atoms with Crippen molar-refractivity contribution >= 4 is 11.9 Å². The highest BCUT2D eigenvalue weighted by molar-refractivity contribution is 5.97. The van der Waals surface area contributed by atoms with E-state index in [-0.39, 0.29) is 30.2 Å². The van der Waals surface area contributed by atoms with Crippen molar-refractivity contribution in [3.8, 4) is 5.75 Å². The van der Waals surface area contributed by atoms with Crippen molar-refractivity contribution in [2.24, 2.45) is 5.92 Å². The highest BCUT2D eigenvalue weighted by atomic mass is 19.1. The van der Waals surface area contributed by atoms with Crippen LogP contribution in [0.2, 0.25) is 0 Å². The predicted molar refractivity (Wildman–Crippen MR) is 97.8 cm³/mol. The number of hydrogen-bond donors (Lipinski definition) is 0. The first-order chi connectivity index (χ1) is 13.1. The number of ether oxygens (including phenoxy) is 2. The van der Waals surface area contributed by atoms with Crippen molar-refractivity contribution in [3.05, 3.63) is 65.5 Å². The third-order valence-electron chi connectivity index (χ3n) is 4.74.